The van der Waals surface area contributed by atoms with Gasteiger partial charge in [0, 0.05) is 12.8 Å². The zero-order valence-electron chi connectivity index (χ0n) is 9.65. The molecule has 1 unspecified atom stereocenters. The van der Waals surface area contributed by atoms with Gasteiger partial charge in [0.1, 0.15) is 11.4 Å². The van der Waals surface area contributed by atoms with Gasteiger partial charge in [-0.15, -0.1) is 0 Å². The first kappa shape index (κ1) is 11.2. The van der Waals surface area contributed by atoms with Crippen LogP contribution in [0.4, 0.5) is 0 Å². The van der Waals surface area contributed by atoms with Crippen molar-refractivity contribution in [1.82, 2.24) is 0 Å². The van der Waals surface area contributed by atoms with E-state index < -0.39 is 5.60 Å². The predicted molar refractivity (Wildman–Crippen MR) is 64.0 cm³/mol. The molecule has 0 radical (unpaired) electrons. The molecular formula is C14H18O2. The lowest BCUT2D eigenvalue weighted by Gasteiger charge is -2.27. The third-order valence-electron chi connectivity index (χ3n) is 3.09. The molecule has 1 atom stereocenters. The monoisotopic (exact) mass is 218 g/mol. The molecule has 0 spiro atoms. The molecule has 0 aromatic heterocycles. The molecule has 86 valence electrons. The van der Waals surface area contributed by atoms with E-state index in [1.165, 1.54) is 0 Å². The van der Waals surface area contributed by atoms with Crippen LogP contribution < -0.4 is 0 Å². The molecule has 0 bridgehead atoms. The lowest BCUT2D eigenvalue weighted by molar-refractivity contribution is 0.0162. The van der Waals surface area contributed by atoms with Crippen molar-refractivity contribution in [3.63, 3.8) is 0 Å². The molecule has 1 aromatic carbocycles. The molecule has 0 saturated heterocycles. The molecule has 0 aliphatic carbocycles. The first-order valence-corrected chi connectivity index (χ1v) is 5.84. The van der Waals surface area contributed by atoms with E-state index in [0.29, 0.717) is 19.4 Å². The molecule has 16 heavy (non-hydrogen) atoms. The molecule has 2 heteroatoms. The van der Waals surface area contributed by atoms with Gasteiger partial charge in [-0.3, -0.25) is 0 Å². The Morgan fingerprint density at radius 2 is 2.06 bits per heavy atom. The molecule has 1 aromatic rings. The highest BCUT2D eigenvalue weighted by Crippen LogP contribution is 2.29. The Kier molecular flexibility index (Phi) is 3.30. The van der Waals surface area contributed by atoms with E-state index >= 15 is 0 Å². The van der Waals surface area contributed by atoms with Gasteiger partial charge in [0.05, 0.1) is 6.61 Å². The van der Waals surface area contributed by atoms with Crippen LogP contribution in [0.15, 0.2) is 42.2 Å². The summed E-state index contributed by atoms with van der Waals surface area (Å²) in [5.74, 6) is 0.749. The second-order valence-electron chi connectivity index (χ2n) is 4.25. The van der Waals surface area contributed by atoms with Gasteiger partial charge in [0.15, 0.2) is 0 Å². The SMILES string of the molecule is CCC(O)(Cc1ccccc1)C1=CCCO1. The van der Waals surface area contributed by atoms with Crippen molar-refractivity contribution >= 4 is 0 Å². The summed E-state index contributed by atoms with van der Waals surface area (Å²) in [6, 6.07) is 10.1. The van der Waals surface area contributed by atoms with Crippen molar-refractivity contribution in [1.29, 1.82) is 0 Å². The second kappa shape index (κ2) is 4.71. The minimum absolute atomic E-state index is 0.621. The van der Waals surface area contributed by atoms with Gasteiger partial charge in [-0.2, -0.15) is 0 Å². The summed E-state index contributed by atoms with van der Waals surface area (Å²) >= 11 is 0. The molecule has 1 heterocycles. The summed E-state index contributed by atoms with van der Waals surface area (Å²) in [7, 11) is 0. The zero-order chi connectivity index (χ0) is 11.4. The van der Waals surface area contributed by atoms with E-state index in [1.54, 1.807) is 0 Å². The number of ether oxygens (including phenoxy) is 1. The van der Waals surface area contributed by atoms with Crippen LogP contribution in [0.25, 0.3) is 0 Å². The highest BCUT2D eigenvalue weighted by atomic mass is 16.5. The molecule has 1 N–H and O–H groups in total. The highest BCUT2D eigenvalue weighted by molar-refractivity contribution is 5.23. The third kappa shape index (κ3) is 2.27. The van der Waals surface area contributed by atoms with E-state index in [0.717, 1.165) is 17.7 Å². The molecule has 0 fully saturated rings. The number of rotatable bonds is 4. The van der Waals surface area contributed by atoms with Crippen LogP contribution in [-0.2, 0) is 11.2 Å². The number of aliphatic hydroxyl groups is 1. The van der Waals surface area contributed by atoms with Crippen molar-refractivity contribution in [2.45, 2.75) is 31.8 Å². The molecule has 0 amide bonds. The van der Waals surface area contributed by atoms with E-state index in [1.807, 2.05) is 43.3 Å². The van der Waals surface area contributed by atoms with E-state index in [4.69, 9.17) is 4.74 Å². The fourth-order valence-electron chi connectivity index (χ4n) is 2.06. The van der Waals surface area contributed by atoms with Crippen LogP contribution in [-0.4, -0.2) is 17.3 Å². The van der Waals surface area contributed by atoms with E-state index in [2.05, 4.69) is 0 Å². The van der Waals surface area contributed by atoms with Gasteiger partial charge in [0.2, 0.25) is 0 Å². The average molecular weight is 218 g/mol. The van der Waals surface area contributed by atoms with Gasteiger partial charge >= 0.3 is 0 Å². The van der Waals surface area contributed by atoms with Gasteiger partial charge in [-0.25, -0.2) is 0 Å². The first-order valence-electron chi connectivity index (χ1n) is 5.84. The molecule has 1 aliphatic rings. The Hall–Kier alpha value is -1.28. The van der Waals surface area contributed by atoms with E-state index in [9.17, 15) is 5.11 Å². The maximum absolute atomic E-state index is 10.6. The molecular weight excluding hydrogens is 200 g/mol. The quantitative estimate of drug-likeness (QED) is 0.842. The van der Waals surface area contributed by atoms with Crippen LogP contribution in [0.3, 0.4) is 0 Å². The fourth-order valence-corrected chi connectivity index (χ4v) is 2.06. The van der Waals surface area contributed by atoms with Crippen LogP contribution in [0.1, 0.15) is 25.3 Å². The first-order chi connectivity index (χ1) is 7.74. The van der Waals surface area contributed by atoms with Crippen LogP contribution in [0, 0.1) is 0 Å². The smallest absolute Gasteiger partial charge is 0.125 e. The van der Waals surface area contributed by atoms with Crippen molar-refractivity contribution in [3.05, 3.63) is 47.7 Å². The summed E-state index contributed by atoms with van der Waals surface area (Å²) < 4.78 is 5.49. The Morgan fingerprint density at radius 1 is 1.31 bits per heavy atom. The highest BCUT2D eigenvalue weighted by Gasteiger charge is 2.33. The molecule has 2 nitrogen and oxygen atoms in total. The van der Waals surface area contributed by atoms with Crippen LogP contribution >= 0.6 is 0 Å². The fraction of sp³-hybridized carbons (Fsp3) is 0.429. The Morgan fingerprint density at radius 3 is 2.62 bits per heavy atom. The van der Waals surface area contributed by atoms with Gasteiger partial charge in [-0.1, -0.05) is 37.3 Å². The zero-order valence-corrected chi connectivity index (χ0v) is 9.65. The third-order valence-corrected chi connectivity index (χ3v) is 3.09. The average Bonchev–Trinajstić information content (AvgIpc) is 2.84. The van der Waals surface area contributed by atoms with Crippen molar-refractivity contribution in [3.8, 4) is 0 Å². The predicted octanol–water partition coefficient (Wildman–Crippen LogP) is 2.67. The summed E-state index contributed by atoms with van der Waals surface area (Å²) in [4.78, 5) is 0. The normalized spacial score (nSPS) is 18.8. The molecule has 0 saturated carbocycles. The summed E-state index contributed by atoms with van der Waals surface area (Å²) in [5.41, 5.74) is 0.306. The summed E-state index contributed by atoms with van der Waals surface area (Å²) in [6.45, 7) is 2.69. The largest absolute Gasteiger partial charge is 0.495 e. The topological polar surface area (TPSA) is 29.5 Å². The summed E-state index contributed by atoms with van der Waals surface area (Å²) in [6.07, 6.45) is 4.21. The minimum Gasteiger partial charge on any atom is -0.495 e. The molecule has 1 aliphatic heterocycles. The van der Waals surface area contributed by atoms with Crippen LogP contribution in [0.2, 0.25) is 0 Å². The molecule has 2 rings (SSSR count). The Bertz CT molecular complexity index is 370. The van der Waals surface area contributed by atoms with Crippen molar-refractivity contribution in [2.24, 2.45) is 0 Å². The Labute approximate surface area is 96.6 Å². The lowest BCUT2D eigenvalue weighted by Crippen LogP contribution is -2.33. The standard InChI is InChI=1S/C14H18O2/c1-2-14(15,13-9-6-10-16-13)11-12-7-4-3-5-8-12/h3-5,7-9,15H,2,6,10-11H2,1H3. The number of hydrogen-bond acceptors (Lipinski definition) is 2. The number of hydrogen-bond donors (Lipinski definition) is 1. The second-order valence-corrected chi connectivity index (χ2v) is 4.25. The van der Waals surface area contributed by atoms with Crippen LogP contribution in [0.5, 0.6) is 0 Å². The van der Waals surface area contributed by atoms with E-state index in [-0.39, 0.29) is 0 Å². The van der Waals surface area contributed by atoms with Crippen molar-refractivity contribution < 1.29 is 9.84 Å². The minimum atomic E-state index is -0.835. The number of benzene rings is 1. The summed E-state index contributed by atoms with van der Waals surface area (Å²) in [5, 5.41) is 10.6. The van der Waals surface area contributed by atoms with Gasteiger partial charge in [0.25, 0.3) is 0 Å². The van der Waals surface area contributed by atoms with Gasteiger partial charge < -0.3 is 9.84 Å². The van der Waals surface area contributed by atoms with Gasteiger partial charge in [-0.05, 0) is 18.1 Å². The van der Waals surface area contributed by atoms with Crippen molar-refractivity contribution in [2.75, 3.05) is 6.61 Å². The maximum atomic E-state index is 10.6. The lowest BCUT2D eigenvalue weighted by atomic mass is 9.90. The Balaban J connectivity index is 2.16. The maximum Gasteiger partial charge on any atom is 0.125 e.